The monoisotopic (exact) mass is 305 g/mol. The van der Waals surface area contributed by atoms with Gasteiger partial charge in [-0.1, -0.05) is 13.8 Å². The van der Waals surface area contributed by atoms with Gasteiger partial charge in [0, 0.05) is 38.9 Å². The molecule has 0 spiro atoms. The average Bonchev–Trinajstić information content (AvgIpc) is 2.54. The predicted molar refractivity (Wildman–Crippen MR) is 83.5 cm³/mol. The van der Waals surface area contributed by atoms with Crippen molar-refractivity contribution in [2.45, 2.75) is 20.3 Å². The van der Waals surface area contributed by atoms with Crippen LogP contribution in [0.1, 0.15) is 30.8 Å². The summed E-state index contributed by atoms with van der Waals surface area (Å²) in [6, 6.07) is 1.63. The van der Waals surface area contributed by atoms with Crippen LogP contribution in [0.4, 0.5) is 5.95 Å². The van der Waals surface area contributed by atoms with Crippen molar-refractivity contribution < 1.29 is 9.59 Å². The fourth-order valence-corrected chi connectivity index (χ4v) is 2.23. The van der Waals surface area contributed by atoms with E-state index in [4.69, 9.17) is 0 Å². The molecule has 0 aliphatic carbocycles. The first-order valence-electron chi connectivity index (χ1n) is 7.65. The highest BCUT2D eigenvalue weighted by molar-refractivity contribution is 5.92. The number of carbonyl (C=O) groups is 2. The van der Waals surface area contributed by atoms with Gasteiger partial charge in [-0.3, -0.25) is 9.59 Å². The second-order valence-electron chi connectivity index (χ2n) is 5.81. The van der Waals surface area contributed by atoms with E-state index in [9.17, 15) is 9.59 Å². The zero-order valence-corrected chi connectivity index (χ0v) is 13.2. The molecule has 7 heteroatoms. The SMILES string of the molecule is CC(C)CCNc1nccc(C(=O)N2CCN(C=O)CC2)n1. The highest BCUT2D eigenvalue weighted by Crippen LogP contribution is 2.08. The van der Waals surface area contributed by atoms with Crippen LogP contribution in [0.5, 0.6) is 0 Å². The number of carbonyl (C=O) groups excluding carboxylic acids is 2. The molecule has 0 atom stereocenters. The number of amides is 2. The van der Waals surface area contributed by atoms with E-state index in [1.807, 2.05) is 0 Å². The predicted octanol–water partition coefficient (Wildman–Crippen LogP) is 0.849. The molecule has 0 unspecified atom stereocenters. The van der Waals surface area contributed by atoms with Crippen LogP contribution in [0.3, 0.4) is 0 Å². The summed E-state index contributed by atoms with van der Waals surface area (Å²) in [5.41, 5.74) is 0.390. The Hall–Kier alpha value is -2.18. The number of nitrogens with zero attached hydrogens (tertiary/aromatic N) is 4. The Morgan fingerprint density at radius 1 is 1.36 bits per heavy atom. The van der Waals surface area contributed by atoms with Crippen LogP contribution in [0.25, 0.3) is 0 Å². The van der Waals surface area contributed by atoms with Crippen molar-refractivity contribution >= 4 is 18.3 Å². The summed E-state index contributed by atoms with van der Waals surface area (Å²) >= 11 is 0. The second kappa shape index (κ2) is 7.72. The van der Waals surface area contributed by atoms with Crippen molar-refractivity contribution in [1.29, 1.82) is 0 Å². The van der Waals surface area contributed by atoms with E-state index in [0.29, 0.717) is 43.7 Å². The van der Waals surface area contributed by atoms with Gasteiger partial charge in [0.25, 0.3) is 5.91 Å². The molecular formula is C15H23N5O2. The zero-order chi connectivity index (χ0) is 15.9. The molecule has 0 bridgehead atoms. The molecule has 1 aromatic heterocycles. The number of hydrogen-bond donors (Lipinski definition) is 1. The molecule has 120 valence electrons. The molecule has 0 radical (unpaired) electrons. The maximum absolute atomic E-state index is 12.4. The van der Waals surface area contributed by atoms with E-state index in [0.717, 1.165) is 19.4 Å². The number of rotatable bonds is 6. The van der Waals surface area contributed by atoms with Crippen molar-refractivity contribution in [1.82, 2.24) is 19.8 Å². The number of nitrogens with one attached hydrogen (secondary N) is 1. The second-order valence-corrected chi connectivity index (χ2v) is 5.81. The third-order valence-corrected chi connectivity index (χ3v) is 3.63. The zero-order valence-electron chi connectivity index (χ0n) is 13.2. The fourth-order valence-electron chi connectivity index (χ4n) is 2.23. The van der Waals surface area contributed by atoms with Gasteiger partial charge in [-0.25, -0.2) is 9.97 Å². The molecule has 1 aliphatic rings. The van der Waals surface area contributed by atoms with Crippen molar-refractivity contribution in [2.75, 3.05) is 38.0 Å². The van der Waals surface area contributed by atoms with E-state index in [-0.39, 0.29) is 5.91 Å². The third-order valence-electron chi connectivity index (χ3n) is 3.63. The van der Waals surface area contributed by atoms with E-state index in [2.05, 4.69) is 29.1 Å². The lowest BCUT2D eigenvalue weighted by molar-refractivity contribution is -0.119. The lowest BCUT2D eigenvalue weighted by Gasteiger charge is -2.32. The van der Waals surface area contributed by atoms with E-state index in [1.54, 1.807) is 22.1 Å². The van der Waals surface area contributed by atoms with Crippen molar-refractivity contribution in [3.8, 4) is 0 Å². The maximum atomic E-state index is 12.4. The van der Waals surface area contributed by atoms with E-state index >= 15 is 0 Å². The normalized spacial score (nSPS) is 15.0. The number of hydrogen-bond acceptors (Lipinski definition) is 5. The average molecular weight is 305 g/mol. The van der Waals surface area contributed by atoms with Crippen LogP contribution < -0.4 is 5.32 Å². The first kappa shape index (κ1) is 16.2. The summed E-state index contributed by atoms with van der Waals surface area (Å²) in [7, 11) is 0. The van der Waals surface area contributed by atoms with Gasteiger partial charge in [0.2, 0.25) is 12.4 Å². The minimum atomic E-state index is -0.111. The minimum absolute atomic E-state index is 0.111. The summed E-state index contributed by atoms with van der Waals surface area (Å²) in [4.78, 5) is 34.9. The van der Waals surface area contributed by atoms with E-state index in [1.165, 1.54) is 0 Å². The van der Waals surface area contributed by atoms with Gasteiger partial charge < -0.3 is 15.1 Å². The fraction of sp³-hybridized carbons (Fsp3) is 0.600. The molecule has 1 N–H and O–H groups in total. The Labute approximate surface area is 130 Å². The highest BCUT2D eigenvalue weighted by atomic mass is 16.2. The van der Waals surface area contributed by atoms with Gasteiger partial charge in [0.1, 0.15) is 5.69 Å². The van der Waals surface area contributed by atoms with Crippen molar-refractivity contribution in [3.63, 3.8) is 0 Å². The molecule has 2 rings (SSSR count). The lowest BCUT2D eigenvalue weighted by atomic mass is 10.1. The molecule has 1 fully saturated rings. The van der Waals surface area contributed by atoms with Crippen molar-refractivity contribution in [3.05, 3.63) is 18.0 Å². The standard InChI is InChI=1S/C15H23N5O2/c1-12(2)3-5-16-15-17-6-4-13(18-15)14(22)20-9-7-19(11-21)8-10-20/h4,6,11-12H,3,5,7-10H2,1-2H3,(H,16,17,18). The van der Waals surface area contributed by atoms with Crippen LogP contribution in [0, 0.1) is 5.92 Å². The first-order chi connectivity index (χ1) is 10.6. The lowest BCUT2D eigenvalue weighted by Crippen LogP contribution is -2.48. The largest absolute Gasteiger partial charge is 0.354 e. The highest BCUT2D eigenvalue weighted by Gasteiger charge is 2.22. The van der Waals surface area contributed by atoms with Crippen LogP contribution in [0.2, 0.25) is 0 Å². The Morgan fingerprint density at radius 3 is 2.73 bits per heavy atom. The van der Waals surface area contributed by atoms with Crippen LogP contribution in [-0.2, 0) is 4.79 Å². The third kappa shape index (κ3) is 4.41. The molecule has 1 saturated heterocycles. The summed E-state index contributed by atoms with van der Waals surface area (Å²) in [5.74, 6) is 0.976. The Balaban J connectivity index is 1.94. The molecule has 1 aliphatic heterocycles. The molecule has 2 heterocycles. The van der Waals surface area contributed by atoms with Crippen molar-refractivity contribution in [2.24, 2.45) is 5.92 Å². The van der Waals surface area contributed by atoms with Crippen LogP contribution in [0.15, 0.2) is 12.3 Å². The minimum Gasteiger partial charge on any atom is -0.354 e. The van der Waals surface area contributed by atoms with Gasteiger partial charge in [0.05, 0.1) is 0 Å². The number of aromatic nitrogens is 2. The maximum Gasteiger partial charge on any atom is 0.272 e. The van der Waals surface area contributed by atoms with Crippen LogP contribution >= 0.6 is 0 Å². The topological polar surface area (TPSA) is 78.4 Å². The summed E-state index contributed by atoms with van der Waals surface area (Å²) in [5, 5.41) is 3.14. The summed E-state index contributed by atoms with van der Waals surface area (Å²) in [6.45, 7) is 7.31. The van der Waals surface area contributed by atoms with Gasteiger partial charge in [-0.15, -0.1) is 0 Å². The van der Waals surface area contributed by atoms with Gasteiger partial charge >= 0.3 is 0 Å². The quantitative estimate of drug-likeness (QED) is 0.788. The van der Waals surface area contributed by atoms with Crippen LogP contribution in [-0.4, -0.2) is 64.8 Å². The first-order valence-corrected chi connectivity index (χ1v) is 7.65. The molecule has 22 heavy (non-hydrogen) atoms. The van der Waals surface area contributed by atoms with E-state index < -0.39 is 0 Å². The Morgan fingerprint density at radius 2 is 2.09 bits per heavy atom. The molecule has 7 nitrogen and oxygen atoms in total. The summed E-state index contributed by atoms with van der Waals surface area (Å²) in [6.07, 6.45) is 3.44. The van der Waals surface area contributed by atoms with Gasteiger partial charge in [-0.2, -0.15) is 0 Å². The molecule has 0 saturated carbocycles. The molecule has 2 amide bonds. The summed E-state index contributed by atoms with van der Waals surface area (Å²) < 4.78 is 0. The molecule has 0 aromatic carbocycles. The molecule has 1 aromatic rings. The molecular weight excluding hydrogens is 282 g/mol. The smallest absolute Gasteiger partial charge is 0.272 e. The number of anilines is 1. The van der Waals surface area contributed by atoms with Gasteiger partial charge in [0.15, 0.2) is 0 Å². The Bertz CT molecular complexity index is 512. The number of piperazine rings is 1. The van der Waals surface area contributed by atoms with Gasteiger partial charge in [-0.05, 0) is 18.4 Å². The Kier molecular flexibility index (Phi) is 5.68.